The highest BCUT2D eigenvalue weighted by molar-refractivity contribution is 14.1. The van der Waals surface area contributed by atoms with Crippen LogP contribution in [0.25, 0.3) is 0 Å². The van der Waals surface area contributed by atoms with Gasteiger partial charge < -0.3 is 9.64 Å². The fourth-order valence-corrected chi connectivity index (χ4v) is 2.11. The van der Waals surface area contributed by atoms with E-state index in [1.165, 1.54) is 11.9 Å². The largest absolute Gasteiger partial charge is 0.467 e. The summed E-state index contributed by atoms with van der Waals surface area (Å²) in [6.07, 6.45) is -9.34. The van der Waals surface area contributed by atoms with E-state index in [4.69, 9.17) is 0 Å². The molecule has 0 saturated heterocycles. The molecule has 25 heavy (non-hydrogen) atoms. The molecule has 0 atom stereocenters. The molecule has 0 amide bonds. The minimum Gasteiger partial charge on any atom is -0.467 e. The van der Waals surface area contributed by atoms with Gasteiger partial charge in [-0.2, -0.15) is 31.3 Å². The van der Waals surface area contributed by atoms with Gasteiger partial charge in [0, 0.05) is 22.5 Å². The fourth-order valence-electron chi connectivity index (χ4n) is 1.75. The summed E-state index contributed by atoms with van der Waals surface area (Å²) < 4.78 is 80.7. The van der Waals surface area contributed by atoms with Crippen molar-refractivity contribution < 1.29 is 31.1 Å². The van der Waals surface area contributed by atoms with E-state index in [0.717, 1.165) is 3.57 Å². The monoisotopic (exact) mass is 477 g/mol. The van der Waals surface area contributed by atoms with Crippen molar-refractivity contribution in [3.05, 3.63) is 39.6 Å². The van der Waals surface area contributed by atoms with Gasteiger partial charge in [0.1, 0.15) is 5.56 Å². The number of halogens is 7. The number of ether oxygens (including phenoxy) is 1. The zero-order valence-electron chi connectivity index (χ0n) is 12.5. The first-order chi connectivity index (χ1) is 11.5. The Hall–Kier alpha value is -1.79. The number of nitrogens with zero attached hydrogens (tertiary/aromatic N) is 3. The van der Waals surface area contributed by atoms with E-state index in [1.54, 1.807) is 24.3 Å². The Morgan fingerprint density at radius 3 is 2.20 bits per heavy atom. The maximum absolute atomic E-state index is 12.9. The second-order valence-electron chi connectivity index (χ2n) is 4.83. The van der Waals surface area contributed by atoms with Crippen LogP contribution in [0.5, 0.6) is 5.88 Å². The molecular formula is C14H10F6IN3O. The highest BCUT2D eigenvalue weighted by Gasteiger charge is 2.38. The van der Waals surface area contributed by atoms with Crippen LogP contribution in [0.1, 0.15) is 5.56 Å². The number of alkyl halides is 6. The Morgan fingerprint density at radius 2 is 1.68 bits per heavy atom. The van der Waals surface area contributed by atoms with Crippen LogP contribution < -0.4 is 9.64 Å². The van der Waals surface area contributed by atoms with Crippen LogP contribution in [0.3, 0.4) is 0 Å². The van der Waals surface area contributed by atoms with Gasteiger partial charge >= 0.3 is 12.4 Å². The first-order valence-electron chi connectivity index (χ1n) is 6.60. The molecule has 0 bridgehead atoms. The second-order valence-corrected chi connectivity index (χ2v) is 6.07. The summed E-state index contributed by atoms with van der Waals surface area (Å²) in [4.78, 5) is 8.42. The third kappa shape index (κ3) is 5.34. The number of benzene rings is 1. The molecule has 0 aliphatic carbocycles. The van der Waals surface area contributed by atoms with Crippen molar-refractivity contribution in [2.75, 3.05) is 18.6 Å². The van der Waals surface area contributed by atoms with Gasteiger partial charge in [-0.25, -0.2) is 4.98 Å². The molecular weight excluding hydrogens is 467 g/mol. The third-order valence-electron chi connectivity index (χ3n) is 2.93. The Morgan fingerprint density at radius 1 is 1.08 bits per heavy atom. The third-order valence-corrected chi connectivity index (χ3v) is 3.65. The lowest BCUT2D eigenvalue weighted by Gasteiger charge is -2.20. The van der Waals surface area contributed by atoms with E-state index in [1.807, 2.05) is 0 Å². The van der Waals surface area contributed by atoms with Crippen molar-refractivity contribution in [1.29, 1.82) is 0 Å². The number of hydrogen-bond donors (Lipinski definition) is 0. The standard InChI is InChI=1S/C14H10F6IN3O/c1-24(9-4-2-8(21)3-5-9)12-22-6-10(14(18,19)20)11(23-12)25-7-13(15,16)17/h2-6H,7H2,1H3. The molecule has 1 aromatic carbocycles. The Bertz CT molecular complexity index is 733. The van der Waals surface area contributed by atoms with Crippen LogP contribution in [0.4, 0.5) is 38.0 Å². The lowest BCUT2D eigenvalue weighted by Crippen LogP contribution is -2.23. The van der Waals surface area contributed by atoms with Crippen molar-refractivity contribution in [2.45, 2.75) is 12.4 Å². The lowest BCUT2D eigenvalue weighted by molar-refractivity contribution is -0.159. The minimum absolute atomic E-state index is 0.230. The van der Waals surface area contributed by atoms with E-state index in [0.29, 0.717) is 11.9 Å². The highest BCUT2D eigenvalue weighted by atomic mass is 127. The second kappa shape index (κ2) is 7.22. The van der Waals surface area contributed by atoms with E-state index in [9.17, 15) is 26.3 Å². The Kier molecular flexibility index (Phi) is 5.64. The van der Waals surface area contributed by atoms with E-state index in [-0.39, 0.29) is 5.95 Å². The predicted molar refractivity (Wildman–Crippen MR) is 85.8 cm³/mol. The molecule has 1 aromatic heterocycles. The van der Waals surface area contributed by atoms with Gasteiger partial charge in [0.25, 0.3) is 0 Å². The van der Waals surface area contributed by atoms with Crippen molar-refractivity contribution in [3.63, 3.8) is 0 Å². The van der Waals surface area contributed by atoms with Gasteiger partial charge in [-0.1, -0.05) is 0 Å². The van der Waals surface area contributed by atoms with E-state index in [2.05, 4.69) is 37.3 Å². The Labute approximate surface area is 152 Å². The fraction of sp³-hybridized carbons (Fsp3) is 0.286. The summed E-state index contributed by atoms with van der Waals surface area (Å²) in [6, 6.07) is 6.83. The molecule has 0 aliphatic heterocycles. The van der Waals surface area contributed by atoms with Gasteiger partial charge in [-0.15, -0.1) is 0 Å². The smallest absolute Gasteiger partial charge is 0.423 e. The summed E-state index contributed by atoms with van der Waals surface area (Å²) in [7, 11) is 1.47. The first kappa shape index (κ1) is 19.5. The number of hydrogen-bond acceptors (Lipinski definition) is 4. The van der Waals surface area contributed by atoms with Crippen molar-refractivity contribution in [1.82, 2.24) is 9.97 Å². The molecule has 0 unspecified atom stereocenters. The van der Waals surface area contributed by atoms with Crippen molar-refractivity contribution in [3.8, 4) is 5.88 Å². The van der Waals surface area contributed by atoms with Crippen LogP contribution in [0.15, 0.2) is 30.5 Å². The summed E-state index contributed by atoms with van der Waals surface area (Å²) in [6.45, 7) is -1.89. The molecule has 0 spiro atoms. The van der Waals surface area contributed by atoms with Crippen molar-refractivity contribution in [2.24, 2.45) is 0 Å². The maximum atomic E-state index is 12.9. The van der Waals surface area contributed by atoms with E-state index >= 15 is 0 Å². The summed E-state index contributed by atoms with van der Waals surface area (Å²) in [5.41, 5.74) is -0.932. The predicted octanol–water partition coefficient (Wildman–Crippen LogP) is 4.81. The number of aromatic nitrogens is 2. The average Bonchev–Trinajstić information content (AvgIpc) is 2.51. The minimum atomic E-state index is -4.94. The van der Waals surface area contributed by atoms with Crippen molar-refractivity contribution >= 4 is 34.2 Å². The van der Waals surface area contributed by atoms with Crippen LogP contribution in [0, 0.1) is 3.57 Å². The quantitative estimate of drug-likeness (QED) is 0.469. The summed E-state index contributed by atoms with van der Waals surface area (Å²) in [5, 5.41) is 0. The lowest BCUT2D eigenvalue weighted by atomic mass is 10.3. The average molecular weight is 477 g/mol. The van der Waals surface area contributed by atoms with Gasteiger partial charge in [-0.3, -0.25) is 0 Å². The zero-order chi connectivity index (χ0) is 18.8. The Balaban J connectivity index is 2.38. The SMILES string of the molecule is CN(c1ccc(I)cc1)c1ncc(C(F)(F)F)c(OCC(F)(F)F)n1. The number of rotatable bonds is 4. The van der Waals surface area contributed by atoms with Crippen LogP contribution in [0.2, 0.25) is 0 Å². The molecule has 0 N–H and O–H groups in total. The normalized spacial score (nSPS) is 12.2. The van der Waals surface area contributed by atoms with E-state index < -0.39 is 30.4 Å². The van der Waals surface area contributed by atoms with Gasteiger partial charge in [0.2, 0.25) is 11.8 Å². The molecule has 0 radical (unpaired) electrons. The van der Waals surface area contributed by atoms with Crippen LogP contribution in [-0.4, -0.2) is 29.8 Å². The summed E-state index contributed by atoms with van der Waals surface area (Å²) in [5.74, 6) is -1.40. The van der Waals surface area contributed by atoms with Crippen LogP contribution >= 0.6 is 22.6 Å². The van der Waals surface area contributed by atoms with Gasteiger partial charge in [0.15, 0.2) is 6.61 Å². The van der Waals surface area contributed by atoms with Gasteiger partial charge in [0.05, 0.1) is 0 Å². The van der Waals surface area contributed by atoms with Gasteiger partial charge in [-0.05, 0) is 46.9 Å². The zero-order valence-corrected chi connectivity index (χ0v) is 14.6. The first-order valence-corrected chi connectivity index (χ1v) is 7.68. The summed E-state index contributed by atoms with van der Waals surface area (Å²) >= 11 is 2.07. The molecule has 2 rings (SSSR count). The maximum Gasteiger partial charge on any atom is 0.423 e. The molecule has 2 aromatic rings. The van der Waals surface area contributed by atoms with Crippen LogP contribution in [-0.2, 0) is 6.18 Å². The molecule has 1 heterocycles. The molecule has 0 aliphatic rings. The molecule has 4 nitrogen and oxygen atoms in total. The molecule has 136 valence electrons. The number of anilines is 2. The molecule has 0 saturated carbocycles. The molecule has 0 fully saturated rings. The topological polar surface area (TPSA) is 38.2 Å². The molecule has 11 heteroatoms. The highest BCUT2D eigenvalue weighted by Crippen LogP contribution is 2.36.